The van der Waals surface area contributed by atoms with Gasteiger partial charge in [-0.05, 0) is 11.8 Å². The molecule has 0 saturated carbocycles. The monoisotopic (exact) mass is 197 g/mol. The fourth-order valence-corrected chi connectivity index (χ4v) is 2.69. The van der Waals surface area contributed by atoms with Crippen molar-refractivity contribution in [1.29, 1.82) is 0 Å². The molecule has 0 aromatic rings. The van der Waals surface area contributed by atoms with E-state index >= 15 is 0 Å². The van der Waals surface area contributed by atoms with Gasteiger partial charge in [0.05, 0.1) is 13.2 Å². The molecule has 2 aliphatic rings. The average molecular weight is 197 g/mol. The third-order valence-corrected chi connectivity index (χ3v) is 4.14. The molecule has 2 aliphatic heterocycles. The first-order chi connectivity index (χ1) is 6.62. The molecule has 0 aromatic carbocycles. The van der Waals surface area contributed by atoms with E-state index in [1.54, 1.807) is 0 Å². The molecule has 0 amide bonds. The van der Waals surface area contributed by atoms with Gasteiger partial charge < -0.3 is 10.1 Å². The average Bonchev–Trinajstić information content (AvgIpc) is 2.70. The van der Waals surface area contributed by atoms with Gasteiger partial charge in [-0.2, -0.15) is 0 Å². The SMILES string of the molecule is CCC(C)(C)CC1NCC2COCC21. The molecule has 2 fully saturated rings. The van der Waals surface area contributed by atoms with Gasteiger partial charge in [-0.1, -0.05) is 27.2 Å². The highest BCUT2D eigenvalue weighted by Gasteiger charge is 2.41. The predicted octanol–water partition coefficient (Wildman–Crippen LogP) is 2.05. The van der Waals surface area contributed by atoms with E-state index in [0.29, 0.717) is 11.5 Å². The van der Waals surface area contributed by atoms with Gasteiger partial charge in [-0.15, -0.1) is 0 Å². The van der Waals surface area contributed by atoms with Crippen LogP contribution in [0, 0.1) is 17.3 Å². The lowest BCUT2D eigenvalue weighted by Crippen LogP contribution is -2.33. The second kappa shape index (κ2) is 3.82. The third kappa shape index (κ3) is 1.96. The summed E-state index contributed by atoms with van der Waals surface area (Å²) in [6, 6.07) is 0.706. The second-order valence-electron chi connectivity index (χ2n) is 5.70. The summed E-state index contributed by atoms with van der Waals surface area (Å²) in [6.07, 6.45) is 2.57. The summed E-state index contributed by atoms with van der Waals surface area (Å²) >= 11 is 0. The smallest absolute Gasteiger partial charge is 0.0513 e. The van der Waals surface area contributed by atoms with Crippen molar-refractivity contribution in [3.63, 3.8) is 0 Å². The van der Waals surface area contributed by atoms with Crippen molar-refractivity contribution in [2.45, 2.75) is 39.7 Å². The standard InChI is InChI=1S/C12H23NO/c1-4-12(2,3)5-11-10-8-14-7-9(10)6-13-11/h9-11,13H,4-8H2,1-3H3. The summed E-state index contributed by atoms with van der Waals surface area (Å²) in [4.78, 5) is 0. The Morgan fingerprint density at radius 1 is 1.36 bits per heavy atom. The lowest BCUT2D eigenvalue weighted by molar-refractivity contribution is 0.159. The molecule has 0 radical (unpaired) electrons. The van der Waals surface area contributed by atoms with E-state index in [9.17, 15) is 0 Å². The molecule has 1 N–H and O–H groups in total. The minimum absolute atomic E-state index is 0.481. The Kier molecular flexibility index (Phi) is 2.85. The maximum Gasteiger partial charge on any atom is 0.0513 e. The predicted molar refractivity (Wildman–Crippen MR) is 58.3 cm³/mol. The van der Waals surface area contributed by atoms with Crippen LogP contribution in [0.5, 0.6) is 0 Å². The summed E-state index contributed by atoms with van der Waals surface area (Å²) in [7, 11) is 0. The van der Waals surface area contributed by atoms with Crippen LogP contribution in [0.25, 0.3) is 0 Å². The number of nitrogens with one attached hydrogen (secondary N) is 1. The summed E-state index contributed by atoms with van der Waals surface area (Å²) in [5.41, 5.74) is 0.481. The highest BCUT2D eigenvalue weighted by atomic mass is 16.5. The molecule has 2 rings (SSSR count). The Morgan fingerprint density at radius 3 is 2.86 bits per heavy atom. The molecule has 0 aliphatic carbocycles. The fourth-order valence-electron chi connectivity index (χ4n) is 2.69. The third-order valence-electron chi connectivity index (χ3n) is 4.14. The molecule has 2 heteroatoms. The van der Waals surface area contributed by atoms with Crippen LogP contribution >= 0.6 is 0 Å². The lowest BCUT2D eigenvalue weighted by Gasteiger charge is -2.29. The fraction of sp³-hybridized carbons (Fsp3) is 1.00. The van der Waals surface area contributed by atoms with Crippen LogP contribution in [-0.2, 0) is 4.74 Å². The van der Waals surface area contributed by atoms with Gasteiger partial charge in [0.25, 0.3) is 0 Å². The first-order valence-corrected chi connectivity index (χ1v) is 5.93. The zero-order valence-electron chi connectivity index (χ0n) is 9.68. The van der Waals surface area contributed by atoms with E-state index in [4.69, 9.17) is 4.74 Å². The summed E-state index contributed by atoms with van der Waals surface area (Å²) < 4.78 is 5.55. The number of hydrogen-bond donors (Lipinski definition) is 1. The Morgan fingerprint density at radius 2 is 2.14 bits per heavy atom. The van der Waals surface area contributed by atoms with E-state index < -0.39 is 0 Å². The first kappa shape index (κ1) is 10.4. The quantitative estimate of drug-likeness (QED) is 0.747. The van der Waals surface area contributed by atoms with Gasteiger partial charge >= 0.3 is 0 Å². The largest absolute Gasteiger partial charge is 0.381 e. The summed E-state index contributed by atoms with van der Waals surface area (Å²) in [6.45, 7) is 10.2. The Hall–Kier alpha value is -0.0800. The first-order valence-electron chi connectivity index (χ1n) is 5.93. The van der Waals surface area contributed by atoms with Crippen LogP contribution in [0.1, 0.15) is 33.6 Å². The molecule has 0 bridgehead atoms. The summed E-state index contributed by atoms with van der Waals surface area (Å²) in [5, 5.41) is 3.67. The van der Waals surface area contributed by atoms with Crippen molar-refractivity contribution in [3.05, 3.63) is 0 Å². The van der Waals surface area contributed by atoms with Crippen LogP contribution in [0.4, 0.5) is 0 Å². The Balaban J connectivity index is 1.93. The van der Waals surface area contributed by atoms with Gasteiger partial charge in [0.15, 0.2) is 0 Å². The molecule has 3 atom stereocenters. The number of ether oxygens (including phenoxy) is 1. The molecular weight excluding hydrogens is 174 g/mol. The van der Waals surface area contributed by atoms with Gasteiger partial charge in [0.2, 0.25) is 0 Å². The van der Waals surface area contributed by atoms with Crippen molar-refractivity contribution in [3.8, 4) is 0 Å². The van der Waals surface area contributed by atoms with E-state index in [1.165, 1.54) is 19.4 Å². The minimum atomic E-state index is 0.481. The number of hydrogen-bond acceptors (Lipinski definition) is 2. The van der Waals surface area contributed by atoms with Crippen molar-refractivity contribution in [2.75, 3.05) is 19.8 Å². The van der Waals surface area contributed by atoms with Gasteiger partial charge in [-0.25, -0.2) is 0 Å². The number of rotatable bonds is 3. The highest BCUT2D eigenvalue weighted by Crippen LogP contribution is 2.36. The molecular formula is C12H23NO. The highest BCUT2D eigenvalue weighted by molar-refractivity contribution is 4.95. The molecule has 14 heavy (non-hydrogen) atoms. The molecule has 2 heterocycles. The Bertz CT molecular complexity index is 202. The summed E-state index contributed by atoms with van der Waals surface area (Å²) in [5.74, 6) is 1.59. The van der Waals surface area contributed by atoms with Crippen LogP contribution in [0.3, 0.4) is 0 Å². The van der Waals surface area contributed by atoms with E-state index in [0.717, 1.165) is 25.0 Å². The van der Waals surface area contributed by atoms with Crippen molar-refractivity contribution in [1.82, 2.24) is 5.32 Å². The van der Waals surface area contributed by atoms with Gasteiger partial charge in [0.1, 0.15) is 0 Å². The van der Waals surface area contributed by atoms with Crippen LogP contribution < -0.4 is 5.32 Å². The van der Waals surface area contributed by atoms with Crippen LogP contribution in [0.2, 0.25) is 0 Å². The second-order valence-corrected chi connectivity index (χ2v) is 5.70. The number of fused-ring (bicyclic) bond motifs is 1. The van der Waals surface area contributed by atoms with E-state index in [1.807, 2.05) is 0 Å². The molecule has 3 unspecified atom stereocenters. The van der Waals surface area contributed by atoms with Gasteiger partial charge in [-0.3, -0.25) is 0 Å². The maximum absolute atomic E-state index is 5.55. The van der Waals surface area contributed by atoms with Crippen LogP contribution in [0.15, 0.2) is 0 Å². The van der Waals surface area contributed by atoms with Crippen molar-refractivity contribution in [2.24, 2.45) is 17.3 Å². The zero-order valence-corrected chi connectivity index (χ0v) is 9.68. The van der Waals surface area contributed by atoms with Gasteiger partial charge in [0, 0.05) is 24.4 Å². The van der Waals surface area contributed by atoms with Crippen LogP contribution in [-0.4, -0.2) is 25.8 Å². The maximum atomic E-state index is 5.55. The normalized spacial score (nSPS) is 37.5. The zero-order chi connectivity index (χ0) is 10.2. The Labute approximate surface area is 87.4 Å². The topological polar surface area (TPSA) is 21.3 Å². The molecule has 0 spiro atoms. The lowest BCUT2D eigenvalue weighted by atomic mass is 9.79. The van der Waals surface area contributed by atoms with Crippen molar-refractivity contribution >= 4 is 0 Å². The van der Waals surface area contributed by atoms with E-state index in [2.05, 4.69) is 26.1 Å². The minimum Gasteiger partial charge on any atom is -0.381 e. The van der Waals surface area contributed by atoms with E-state index in [-0.39, 0.29) is 0 Å². The molecule has 0 aromatic heterocycles. The molecule has 82 valence electrons. The van der Waals surface area contributed by atoms with Crippen molar-refractivity contribution < 1.29 is 4.74 Å². The molecule has 2 nitrogen and oxygen atoms in total. The molecule has 2 saturated heterocycles.